The molecule has 0 aliphatic carbocycles. The number of carbonyl (C=O) groups excluding carboxylic acids is 1. The molecular weight excluding hydrogens is 273 g/mol. The van der Waals surface area contributed by atoms with Gasteiger partial charge in [0.2, 0.25) is 5.91 Å². The number of hydrogen-bond donors (Lipinski definition) is 2. The van der Waals surface area contributed by atoms with Crippen LogP contribution in [0.2, 0.25) is 0 Å². The number of carbonyl (C=O) groups is 1. The van der Waals surface area contributed by atoms with E-state index in [9.17, 15) is 4.79 Å². The molecule has 2 rings (SSSR count). The average molecular weight is 292 g/mol. The number of amides is 1. The van der Waals surface area contributed by atoms with Gasteiger partial charge in [0.25, 0.3) is 0 Å². The first-order valence-electron chi connectivity index (χ1n) is 5.59. The molecule has 0 aromatic heterocycles. The van der Waals surface area contributed by atoms with Crippen LogP contribution in [0.3, 0.4) is 0 Å². The molecule has 4 nitrogen and oxygen atoms in total. The number of hydrogen-bond acceptors (Lipinski definition) is 3. The fourth-order valence-corrected chi connectivity index (χ4v) is 1.95. The second-order valence-electron chi connectivity index (χ2n) is 3.94. The van der Waals surface area contributed by atoms with E-state index in [-0.39, 0.29) is 30.7 Å². The minimum atomic E-state index is -0.0254. The third-order valence-electron chi connectivity index (χ3n) is 2.67. The number of nitrogens with one attached hydrogen (secondary N) is 2. The topological polar surface area (TPSA) is 44.4 Å². The summed E-state index contributed by atoms with van der Waals surface area (Å²) in [5.41, 5.74) is 2.01. The highest BCUT2D eigenvalue weighted by Crippen LogP contribution is 2.25. The maximum Gasteiger partial charge on any atom is 0.221 e. The van der Waals surface area contributed by atoms with E-state index in [1.54, 1.807) is 0 Å². The van der Waals surface area contributed by atoms with Crippen LogP contribution in [0, 0.1) is 0 Å². The summed E-state index contributed by atoms with van der Waals surface area (Å²) in [6, 6.07) is 7.94. The molecule has 0 unspecified atom stereocenters. The monoisotopic (exact) mass is 291 g/mol. The van der Waals surface area contributed by atoms with Crippen molar-refractivity contribution in [2.24, 2.45) is 0 Å². The van der Waals surface area contributed by atoms with E-state index in [1.807, 2.05) is 18.2 Å². The molecule has 1 amide bonds. The Kier molecular flexibility index (Phi) is 7.75. The molecule has 18 heavy (non-hydrogen) atoms. The Hall–Kier alpha value is -0.970. The van der Waals surface area contributed by atoms with Crippen molar-refractivity contribution in [3.05, 3.63) is 24.3 Å². The Balaban J connectivity index is 0.00000144. The molecule has 0 spiro atoms. The van der Waals surface area contributed by atoms with Gasteiger partial charge in [-0.2, -0.15) is 0 Å². The molecule has 0 bridgehead atoms. The summed E-state index contributed by atoms with van der Waals surface area (Å²) in [4.78, 5) is 13.4. The summed E-state index contributed by atoms with van der Waals surface area (Å²) in [6.45, 7) is 5.49. The van der Waals surface area contributed by atoms with Crippen molar-refractivity contribution in [2.75, 3.05) is 36.4 Å². The van der Waals surface area contributed by atoms with Gasteiger partial charge in [0.15, 0.2) is 0 Å². The largest absolute Gasteiger partial charge is 0.367 e. The van der Waals surface area contributed by atoms with E-state index in [2.05, 4.69) is 21.6 Å². The van der Waals surface area contributed by atoms with Crippen molar-refractivity contribution in [3.63, 3.8) is 0 Å². The van der Waals surface area contributed by atoms with Crippen LogP contribution >= 0.6 is 24.8 Å². The molecule has 1 saturated heterocycles. The second kappa shape index (κ2) is 8.19. The van der Waals surface area contributed by atoms with Gasteiger partial charge in [-0.05, 0) is 12.1 Å². The second-order valence-corrected chi connectivity index (χ2v) is 3.94. The predicted octanol–water partition coefficient (Wildman–Crippen LogP) is 1.90. The Morgan fingerprint density at radius 2 is 1.83 bits per heavy atom. The first kappa shape index (κ1) is 17.0. The van der Waals surface area contributed by atoms with Gasteiger partial charge in [0.05, 0.1) is 11.4 Å². The smallest absolute Gasteiger partial charge is 0.221 e. The summed E-state index contributed by atoms with van der Waals surface area (Å²) in [7, 11) is 0. The van der Waals surface area contributed by atoms with Gasteiger partial charge in [-0.3, -0.25) is 4.79 Å². The van der Waals surface area contributed by atoms with Gasteiger partial charge in [-0.15, -0.1) is 24.8 Å². The fraction of sp³-hybridized carbons (Fsp3) is 0.417. The van der Waals surface area contributed by atoms with Gasteiger partial charge in [0.1, 0.15) is 0 Å². The molecule has 1 aliphatic heterocycles. The Morgan fingerprint density at radius 3 is 2.44 bits per heavy atom. The van der Waals surface area contributed by atoms with Crippen molar-refractivity contribution in [1.82, 2.24) is 5.32 Å². The fourth-order valence-electron chi connectivity index (χ4n) is 1.95. The molecule has 1 aromatic carbocycles. The van der Waals surface area contributed by atoms with Crippen LogP contribution in [0.1, 0.15) is 6.92 Å². The zero-order valence-corrected chi connectivity index (χ0v) is 11.9. The molecule has 102 valence electrons. The molecule has 0 atom stereocenters. The molecule has 1 aliphatic rings. The van der Waals surface area contributed by atoms with Crippen molar-refractivity contribution < 1.29 is 4.79 Å². The van der Waals surface area contributed by atoms with Crippen LogP contribution in [-0.4, -0.2) is 32.1 Å². The molecule has 1 fully saturated rings. The minimum Gasteiger partial charge on any atom is -0.367 e. The highest BCUT2D eigenvalue weighted by molar-refractivity contribution is 5.92. The van der Waals surface area contributed by atoms with E-state index in [4.69, 9.17) is 0 Å². The summed E-state index contributed by atoms with van der Waals surface area (Å²) in [6.07, 6.45) is 0. The number of rotatable bonds is 2. The summed E-state index contributed by atoms with van der Waals surface area (Å²) in [5.74, 6) is -0.0254. The Labute approximate surface area is 120 Å². The Morgan fingerprint density at radius 1 is 1.22 bits per heavy atom. The highest BCUT2D eigenvalue weighted by atomic mass is 35.5. The van der Waals surface area contributed by atoms with E-state index >= 15 is 0 Å². The first-order valence-corrected chi connectivity index (χ1v) is 5.59. The standard InChI is InChI=1S/C12H17N3O.2ClH/c1-10(16)14-11-4-2-3-5-12(11)15-8-6-13-7-9-15;;/h2-5,13H,6-9H2,1H3,(H,14,16);2*1H. The van der Waals surface area contributed by atoms with Crippen LogP contribution in [0.5, 0.6) is 0 Å². The van der Waals surface area contributed by atoms with Crippen LogP contribution in [0.4, 0.5) is 11.4 Å². The lowest BCUT2D eigenvalue weighted by Gasteiger charge is -2.31. The summed E-state index contributed by atoms with van der Waals surface area (Å²) < 4.78 is 0. The van der Waals surface area contributed by atoms with Gasteiger partial charge in [-0.1, -0.05) is 12.1 Å². The number of halogens is 2. The third kappa shape index (κ3) is 4.37. The normalized spacial score (nSPS) is 14.2. The van der Waals surface area contributed by atoms with Crippen LogP contribution < -0.4 is 15.5 Å². The van der Waals surface area contributed by atoms with Crippen LogP contribution in [-0.2, 0) is 4.79 Å². The van der Waals surface area contributed by atoms with Gasteiger partial charge in [0, 0.05) is 33.1 Å². The van der Waals surface area contributed by atoms with Crippen molar-refractivity contribution in [2.45, 2.75) is 6.92 Å². The number of nitrogens with zero attached hydrogens (tertiary/aromatic N) is 1. The van der Waals surface area contributed by atoms with E-state index in [0.29, 0.717) is 0 Å². The molecule has 6 heteroatoms. The van der Waals surface area contributed by atoms with E-state index in [1.165, 1.54) is 6.92 Å². The van der Waals surface area contributed by atoms with Crippen LogP contribution in [0.15, 0.2) is 24.3 Å². The summed E-state index contributed by atoms with van der Waals surface area (Å²) >= 11 is 0. The van der Waals surface area contributed by atoms with Gasteiger partial charge < -0.3 is 15.5 Å². The van der Waals surface area contributed by atoms with Crippen LogP contribution in [0.25, 0.3) is 0 Å². The maximum atomic E-state index is 11.1. The first-order chi connectivity index (χ1) is 7.77. The van der Waals surface area contributed by atoms with Gasteiger partial charge in [-0.25, -0.2) is 0 Å². The molecular formula is C12H19Cl2N3O. The number of piperazine rings is 1. The van der Waals surface area contributed by atoms with E-state index < -0.39 is 0 Å². The Bertz CT molecular complexity index is 381. The molecule has 2 N–H and O–H groups in total. The SMILES string of the molecule is CC(=O)Nc1ccccc1N1CCNCC1.Cl.Cl. The number of para-hydroxylation sites is 2. The predicted molar refractivity (Wildman–Crippen MR) is 80.3 cm³/mol. The zero-order valence-electron chi connectivity index (χ0n) is 10.3. The molecule has 1 aromatic rings. The maximum absolute atomic E-state index is 11.1. The highest BCUT2D eigenvalue weighted by Gasteiger charge is 2.13. The van der Waals surface area contributed by atoms with Crippen molar-refractivity contribution in [1.29, 1.82) is 0 Å². The van der Waals surface area contributed by atoms with Gasteiger partial charge >= 0.3 is 0 Å². The number of benzene rings is 1. The van der Waals surface area contributed by atoms with Crippen molar-refractivity contribution in [3.8, 4) is 0 Å². The molecule has 0 saturated carbocycles. The minimum absolute atomic E-state index is 0. The van der Waals surface area contributed by atoms with E-state index in [0.717, 1.165) is 37.6 Å². The quantitative estimate of drug-likeness (QED) is 0.875. The molecule has 0 radical (unpaired) electrons. The average Bonchev–Trinajstić information content (AvgIpc) is 2.30. The van der Waals surface area contributed by atoms with Crippen molar-refractivity contribution >= 4 is 42.1 Å². The summed E-state index contributed by atoms with van der Waals surface area (Å²) in [5, 5.41) is 6.19. The molecule has 1 heterocycles. The lowest BCUT2D eigenvalue weighted by atomic mass is 10.2. The third-order valence-corrected chi connectivity index (χ3v) is 2.67. The lowest BCUT2D eigenvalue weighted by molar-refractivity contribution is -0.114. The number of anilines is 2. The lowest BCUT2D eigenvalue weighted by Crippen LogP contribution is -2.43. The zero-order chi connectivity index (χ0) is 11.4.